The summed E-state index contributed by atoms with van der Waals surface area (Å²) in [5.41, 5.74) is 0. The fourth-order valence-corrected chi connectivity index (χ4v) is 3.67. The van der Waals surface area contributed by atoms with E-state index in [1.165, 1.54) is 11.3 Å². The number of hydrogen-bond acceptors (Lipinski definition) is 4. The Morgan fingerprint density at radius 3 is 3.00 bits per heavy atom. The number of furan rings is 1. The number of thiophene rings is 1. The Morgan fingerprint density at radius 2 is 2.35 bits per heavy atom. The number of rotatable bonds is 6. The van der Waals surface area contributed by atoms with Crippen LogP contribution in [-0.4, -0.2) is 19.8 Å². The Bertz CT molecular complexity index is 520. The summed E-state index contributed by atoms with van der Waals surface area (Å²) in [5, 5.41) is 3.58. The van der Waals surface area contributed by atoms with Gasteiger partial charge in [0.15, 0.2) is 0 Å². The molecule has 2 atom stereocenters. The van der Waals surface area contributed by atoms with Crippen LogP contribution in [0, 0.1) is 5.92 Å². The zero-order chi connectivity index (χ0) is 13.8. The molecule has 0 saturated carbocycles. The Hall–Kier alpha value is -0.810. The molecule has 1 aliphatic heterocycles. The van der Waals surface area contributed by atoms with Crippen molar-refractivity contribution in [2.45, 2.75) is 18.9 Å². The first kappa shape index (κ1) is 14.1. The highest BCUT2D eigenvalue weighted by Gasteiger charge is 2.20. The predicted octanol–water partition coefficient (Wildman–Crippen LogP) is 4.10. The lowest BCUT2D eigenvalue weighted by Crippen LogP contribution is -2.24. The summed E-state index contributed by atoms with van der Waals surface area (Å²) in [6.07, 6.45) is 4.03. The van der Waals surface area contributed by atoms with Gasteiger partial charge in [0.1, 0.15) is 11.8 Å². The summed E-state index contributed by atoms with van der Waals surface area (Å²) in [7, 11) is 0. The molecule has 2 aromatic heterocycles. The maximum atomic E-state index is 6.05. The van der Waals surface area contributed by atoms with E-state index in [0.29, 0.717) is 5.92 Å². The Labute approximate surface area is 127 Å². The molecule has 2 unspecified atom stereocenters. The van der Waals surface area contributed by atoms with E-state index in [4.69, 9.17) is 20.8 Å². The van der Waals surface area contributed by atoms with E-state index < -0.39 is 0 Å². The molecule has 1 N–H and O–H groups in total. The van der Waals surface area contributed by atoms with Crippen molar-refractivity contribution in [3.63, 3.8) is 0 Å². The van der Waals surface area contributed by atoms with Gasteiger partial charge in [-0.05, 0) is 49.6 Å². The van der Waals surface area contributed by atoms with Crippen LogP contribution >= 0.6 is 22.9 Å². The van der Waals surface area contributed by atoms with E-state index in [1.54, 1.807) is 17.6 Å². The van der Waals surface area contributed by atoms with E-state index in [-0.39, 0.29) is 6.04 Å². The zero-order valence-electron chi connectivity index (χ0n) is 11.2. The Balaban J connectivity index is 1.63. The Kier molecular flexibility index (Phi) is 4.78. The molecule has 0 bridgehead atoms. The van der Waals surface area contributed by atoms with E-state index >= 15 is 0 Å². The molecular formula is C15H18ClNO2S. The van der Waals surface area contributed by atoms with Crippen molar-refractivity contribution in [2.75, 3.05) is 19.8 Å². The van der Waals surface area contributed by atoms with Crippen molar-refractivity contribution >= 4 is 22.9 Å². The van der Waals surface area contributed by atoms with Crippen molar-refractivity contribution in [2.24, 2.45) is 5.92 Å². The molecule has 2 aromatic rings. The van der Waals surface area contributed by atoms with Crippen LogP contribution in [0.3, 0.4) is 0 Å². The second-order valence-corrected chi connectivity index (χ2v) is 6.81. The number of ether oxygens (including phenoxy) is 1. The largest absolute Gasteiger partial charge is 0.467 e. The molecule has 1 fully saturated rings. The second-order valence-electron chi connectivity index (χ2n) is 5.06. The molecule has 3 heterocycles. The van der Waals surface area contributed by atoms with Crippen LogP contribution in [0.5, 0.6) is 0 Å². The molecule has 3 nitrogen and oxygen atoms in total. The molecule has 3 rings (SSSR count). The first-order chi connectivity index (χ1) is 9.83. The summed E-state index contributed by atoms with van der Waals surface area (Å²) in [6, 6.07) is 8.01. The molecule has 5 heteroatoms. The normalized spacial score (nSPS) is 20.4. The molecular weight excluding hydrogens is 294 g/mol. The van der Waals surface area contributed by atoms with Crippen LogP contribution in [0.2, 0.25) is 4.34 Å². The van der Waals surface area contributed by atoms with Crippen molar-refractivity contribution in [3.8, 4) is 0 Å². The van der Waals surface area contributed by atoms with Crippen LogP contribution in [-0.2, 0) is 4.74 Å². The molecule has 0 aliphatic carbocycles. The quantitative estimate of drug-likeness (QED) is 0.872. The third kappa shape index (κ3) is 3.44. The predicted molar refractivity (Wildman–Crippen MR) is 81.4 cm³/mol. The molecule has 20 heavy (non-hydrogen) atoms. The van der Waals surface area contributed by atoms with Gasteiger partial charge >= 0.3 is 0 Å². The van der Waals surface area contributed by atoms with Gasteiger partial charge in [-0.25, -0.2) is 0 Å². The lowest BCUT2D eigenvalue weighted by atomic mass is 10.0. The van der Waals surface area contributed by atoms with E-state index in [9.17, 15) is 0 Å². The summed E-state index contributed by atoms with van der Waals surface area (Å²) < 4.78 is 11.8. The average Bonchev–Trinajstić information content (AvgIpc) is 3.17. The lowest BCUT2D eigenvalue weighted by Gasteiger charge is -2.16. The minimum atomic E-state index is 0.0878. The van der Waals surface area contributed by atoms with Crippen molar-refractivity contribution < 1.29 is 9.15 Å². The number of hydrogen-bond donors (Lipinski definition) is 1. The van der Waals surface area contributed by atoms with E-state index in [2.05, 4.69) is 11.4 Å². The SMILES string of the molecule is Clc1ccc(C(NCCC2CCOC2)c2ccco2)s1. The van der Waals surface area contributed by atoms with Gasteiger partial charge in [-0.1, -0.05) is 11.6 Å². The molecule has 108 valence electrons. The summed E-state index contributed by atoms with van der Waals surface area (Å²) >= 11 is 7.64. The summed E-state index contributed by atoms with van der Waals surface area (Å²) in [5.74, 6) is 1.62. The third-order valence-corrected chi connectivity index (χ3v) is 4.93. The molecule has 0 spiro atoms. The minimum absolute atomic E-state index is 0.0878. The maximum absolute atomic E-state index is 6.05. The van der Waals surface area contributed by atoms with E-state index in [0.717, 1.165) is 36.3 Å². The molecule has 0 radical (unpaired) electrons. The molecule has 1 saturated heterocycles. The van der Waals surface area contributed by atoms with Crippen molar-refractivity contribution in [3.05, 3.63) is 45.5 Å². The van der Waals surface area contributed by atoms with Crippen LogP contribution in [0.4, 0.5) is 0 Å². The lowest BCUT2D eigenvalue weighted by molar-refractivity contribution is 0.184. The highest BCUT2D eigenvalue weighted by atomic mass is 35.5. The van der Waals surface area contributed by atoms with Crippen LogP contribution < -0.4 is 5.32 Å². The van der Waals surface area contributed by atoms with Crippen LogP contribution in [0.25, 0.3) is 0 Å². The van der Waals surface area contributed by atoms with Crippen LogP contribution in [0.15, 0.2) is 34.9 Å². The van der Waals surface area contributed by atoms with Gasteiger partial charge in [0, 0.05) is 18.1 Å². The topological polar surface area (TPSA) is 34.4 Å². The second kappa shape index (κ2) is 6.76. The van der Waals surface area contributed by atoms with Gasteiger partial charge in [-0.15, -0.1) is 11.3 Å². The monoisotopic (exact) mass is 311 g/mol. The molecule has 0 aromatic carbocycles. The van der Waals surface area contributed by atoms with Gasteiger partial charge < -0.3 is 14.5 Å². The maximum Gasteiger partial charge on any atom is 0.126 e. The standard InChI is InChI=1S/C15H18ClNO2S/c16-14-4-3-13(20-14)15(12-2-1-8-19-12)17-7-5-11-6-9-18-10-11/h1-4,8,11,15,17H,5-7,9-10H2. The van der Waals surface area contributed by atoms with Gasteiger partial charge in [0.2, 0.25) is 0 Å². The first-order valence-corrected chi connectivity index (χ1v) is 8.12. The molecule has 0 amide bonds. The number of nitrogens with one attached hydrogen (secondary N) is 1. The molecule has 1 aliphatic rings. The highest BCUT2D eigenvalue weighted by molar-refractivity contribution is 7.16. The smallest absolute Gasteiger partial charge is 0.126 e. The average molecular weight is 312 g/mol. The minimum Gasteiger partial charge on any atom is -0.467 e. The van der Waals surface area contributed by atoms with Gasteiger partial charge in [0.05, 0.1) is 10.6 Å². The third-order valence-electron chi connectivity index (χ3n) is 3.63. The zero-order valence-corrected chi connectivity index (χ0v) is 12.8. The summed E-state index contributed by atoms with van der Waals surface area (Å²) in [6.45, 7) is 2.76. The van der Waals surface area contributed by atoms with Gasteiger partial charge in [0.25, 0.3) is 0 Å². The van der Waals surface area contributed by atoms with Crippen LogP contribution in [0.1, 0.15) is 29.5 Å². The highest BCUT2D eigenvalue weighted by Crippen LogP contribution is 2.31. The van der Waals surface area contributed by atoms with Crippen molar-refractivity contribution in [1.82, 2.24) is 5.32 Å². The number of halogens is 1. The van der Waals surface area contributed by atoms with E-state index in [1.807, 2.05) is 18.2 Å². The van der Waals surface area contributed by atoms with Crippen molar-refractivity contribution in [1.29, 1.82) is 0 Å². The van der Waals surface area contributed by atoms with Gasteiger partial charge in [-0.2, -0.15) is 0 Å². The fourth-order valence-electron chi connectivity index (χ4n) is 2.52. The summed E-state index contributed by atoms with van der Waals surface area (Å²) in [4.78, 5) is 1.19. The first-order valence-electron chi connectivity index (χ1n) is 6.92. The fraction of sp³-hybridized carbons (Fsp3) is 0.467. The van der Waals surface area contributed by atoms with Gasteiger partial charge in [-0.3, -0.25) is 0 Å². The Morgan fingerprint density at radius 1 is 1.40 bits per heavy atom.